The summed E-state index contributed by atoms with van der Waals surface area (Å²) in [6.07, 6.45) is 1.86. The first-order valence-corrected chi connectivity index (χ1v) is 9.37. The smallest absolute Gasteiger partial charge is 0.245 e. The minimum atomic E-state index is -0.222. The minimum Gasteiger partial charge on any atom is -0.336 e. The normalized spacial score (nSPS) is 14.1. The molecule has 1 saturated carbocycles. The van der Waals surface area contributed by atoms with Gasteiger partial charge in [-0.3, -0.25) is 9.59 Å². The van der Waals surface area contributed by atoms with Gasteiger partial charge in [-0.2, -0.15) is 5.10 Å². The van der Waals surface area contributed by atoms with Gasteiger partial charge >= 0.3 is 0 Å². The number of likely N-dealkylation sites (N-methyl/N-ethyl adjacent to an activating group) is 1. The Labute approximate surface area is 160 Å². The van der Waals surface area contributed by atoms with Gasteiger partial charge in [-0.1, -0.05) is 38.5 Å². The lowest BCUT2D eigenvalue weighted by atomic mass is 9.92. The Hall–Kier alpha value is -2.63. The molecule has 0 bridgehead atoms. The maximum atomic E-state index is 12.5. The number of benzene rings is 1. The molecule has 1 aromatic carbocycles. The Kier molecular flexibility index (Phi) is 5.09. The molecule has 1 aliphatic rings. The van der Waals surface area contributed by atoms with E-state index < -0.39 is 0 Å². The van der Waals surface area contributed by atoms with Gasteiger partial charge < -0.3 is 10.2 Å². The zero-order valence-corrected chi connectivity index (χ0v) is 16.7. The molecule has 6 heteroatoms. The van der Waals surface area contributed by atoms with E-state index in [4.69, 9.17) is 5.10 Å². The van der Waals surface area contributed by atoms with E-state index in [0.29, 0.717) is 5.82 Å². The highest BCUT2D eigenvalue weighted by Crippen LogP contribution is 2.30. The van der Waals surface area contributed by atoms with Gasteiger partial charge in [-0.15, -0.1) is 0 Å². The van der Waals surface area contributed by atoms with Crippen LogP contribution in [0.5, 0.6) is 0 Å². The van der Waals surface area contributed by atoms with Crippen LogP contribution in [-0.2, 0) is 15.0 Å². The number of hydrogen-bond donors (Lipinski definition) is 1. The fourth-order valence-corrected chi connectivity index (χ4v) is 2.84. The Morgan fingerprint density at radius 3 is 2.41 bits per heavy atom. The molecular weight excluding hydrogens is 340 g/mol. The Morgan fingerprint density at radius 1 is 1.22 bits per heavy atom. The average molecular weight is 368 g/mol. The quantitative estimate of drug-likeness (QED) is 0.881. The summed E-state index contributed by atoms with van der Waals surface area (Å²) in [5.74, 6) is 0.544. The summed E-state index contributed by atoms with van der Waals surface area (Å²) in [6, 6.07) is 9.89. The molecule has 1 N–H and O–H groups in total. The lowest BCUT2D eigenvalue weighted by molar-refractivity contribution is -0.134. The van der Waals surface area contributed by atoms with E-state index >= 15 is 0 Å². The molecule has 1 aromatic heterocycles. The van der Waals surface area contributed by atoms with Crippen LogP contribution >= 0.6 is 0 Å². The highest BCUT2D eigenvalue weighted by atomic mass is 16.2. The van der Waals surface area contributed by atoms with Crippen LogP contribution in [0.4, 0.5) is 5.82 Å². The fraction of sp³-hybridized carbons (Fsp3) is 0.476. The van der Waals surface area contributed by atoms with E-state index in [1.165, 1.54) is 4.90 Å². The summed E-state index contributed by atoms with van der Waals surface area (Å²) in [5.41, 5.74) is 2.79. The molecule has 0 saturated heterocycles. The average Bonchev–Trinajstić information content (AvgIpc) is 3.34. The molecular formula is C21H28N4O2. The first-order valence-electron chi connectivity index (χ1n) is 9.37. The van der Waals surface area contributed by atoms with Gasteiger partial charge in [0.1, 0.15) is 5.82 Å². The van der Waals surface area contributed by atoms with Crippen LogP contribution < -0.4 is 5.32 Å². The molecule has 0 aliphatic heterocycles. The third kappa shape index (κ3) is 4.56. The summed E-state index contributed by atoms with van der Waals surface area (Å²) in [4.78, 5) is 26.1. The zero-order valence-electron chi connectivity index (χ0n) is 16.7. The van der Waals surface area contributed by atoms with Crippen LogP contribution in [0.1, 0.15) is 44.9 Å². The van der Waals surface area contributed by atoms with E-state index in [0.717, 1.165) is 29.8 Å². The number of aromatic nitrogens is 2. The van der Waals surface area contributed by atoms with Crippen molar-refractivity contribution in [1.82, 2.24) is 14.7 Å². The number of carbonyl (C=O) groups is 2. The third-order valence-corrected chi connectivity index (χ3v) is 4.71. The highest BCUT2D eigenvalue weighted by Gasteiger charge is 2.32. The van der Waals surface area contributed by atoms with Crippen LogP contribution in [0.2, 0.25) is 0 Å². The minimum absolute atomic E-state index is 0.0409. The summed E-state index contributed by atoms with van der Waals surface area (Å²) in [5, 5.41) is 7.64. The summed E-state index contributed by atoms with van der Waals surface area (Å²) < 4.78 is 1.75. The standard InChI is InChI=1S/C21H28N4O2/c1-14-6-10-16(11-7-14)25-18(12-17(23-25)21(2,3)4)22-19(26)13-24(5)20(27)15-8-9-15/h6-7,10-12,15H,8-9,13H2,1-5H3,(H,22,26). The second kappa shape index (κ2) is 7.18. The molecule has 3 rings (SSSR count). The van der Waals surface area contributed by atoms with Crippen molar-refractivity contribution >= 4 is 17.6 Å². The predicted octanol–water partition coefficient (Wildman–Crippen LogP) is 3.29. The van der Waals surface area contributed by atoms with Crippen LogP contribution in [0, 0.1) is 12.8 Å². The molecule has 2 amide bonds. The Balaban J connectivity index is 1.82. The number of rotatable bonds is 5. The fourth-order valence-electron chi connectivity index (χ4n) is 2.84. The first-order chi connectivity index (χ1) is 12.6. The highest BCUT2D eigenvalue weighted by molar-refractivity contribution is 5.94. The number of nitrogens with one attached hydrogen (secondary N) is 1. The number of carbonyl (C=O) groups excluding carboxylic acids is 2. The molecule has 1 fully saturated rings. The van der Waals surface area contributed by atoms with E-state index in [1.807, 2.05) is 37.3 Å². The summed E-state index contributed by atoms with van der Waals surface area (Å²) in [6.45, 7) is 8.33. The van der Waals surface area contributed by atoms with Gasteiger partial charge in [0, 0.05) is 24.4 Å². The van der Waals surface area contributed by atoms with E-state index in [2.05, 4.69) is 26.1 Å². The SMILES string of the molecule is Cc1ccc(-n2nc(C(C)(C)C)cc2NC(=O)CN(C)C(=O)C2CC2)cc1. The Bertz CT molecular complexity index is 842. The molecule has 144 valence electrons. The molecule has 1 heterocycles. The zero-order chi connectivity index (χ0) is 19.8. The van der Waals surface area contributed by atoms with Gasteiger partial charge in [0.15, 0.2) is 0 Å². The largest absolute Gasteiger partial charge is 0.336 e. The third-order valence-electron chi connectivity index (χ3n) is 4.71. The molecule has 27 heavy (non-hydrogen) atoms. The van der Waals surface area contributed by atoms with Crippen LogP contribution in [0.25, 0.3) is 5.69 Å². The molecule has 0 spiro atoms. The van der Waals surface area contributed by atoms with Crippen molar-refractivity contribution in [2.45, 2.75) is 46.0 Å². The van der Waals surface area contributed by atoms with Crippen LogP contribution in [0.3, 0.4) is 0 Å². The predicted molar refractivity (Wildman–Crippen MR) is 106 cm³/mol. The topological polar surface area (TPSA) is 67.2 Å². The summed E-state index contributed by atoms with van der Waals surface area (Å²) in [7, 11) is 1.68. The van der Waals surface area contributed by atoms with Gasteiger partial charge in [0.05, 0.1) is 17.9 Å². The van der Waals surface area contributed by atoms with Crippen molar-refractivity contribution in [3.63, 3.8) is 0 Å². The molecule has 2 aromatic rings. The van der Waals surface area contributed by atoms with Crippen molar-refractivity contribution in [2.75, 3.05) is 18.9 Å². The summed E-state index contributed by atoms with van der Waals surface area (Å²) >= 11 is 0. The maximum absolute atomic E-state index is 12.5. The second-order valence-corrected chi connectivity index (χ2v) is 8.43. The van der Waals surface area contributed by atoms with Gasteiger partial charge in [0.2, 0.25) is 11.8 Å². The van der Waals surface area contributed by atoms with Crippen molar-refractivity contribution < 1.29 is 9.59 Å². The lowest BCUT2D eigenvalue weighted by Crippen LogP contribution is -2.36. The monoisotopic (exact) mass is 368 g/mol. The first kappa shape index (κ1) is 19.1. The molecule has 1 aliphatic carbocycles. The Morgan fingerprint density at radius 2 is 1.85 bits per heavy atom. The maximum Gasteiger partial charge on any atom is 0.245 e. The van der Waals surface area contributed by atoms with Crippen molar-refractivity contribution in [1.29, 1.82) is 0 Å². The van der Waals surface area contributed by atoms with Gasteiger partial charge in [-0.05, 0) is 31.9 Å². The van der Waals surface area contributed by atoms with Crippen molar-refractivity contribution in [3.8, 4) is 5.69 Å². The number of hydrogen-bond acceptors (Lipinski definition) is 3. The van der Waals surface area contributed by atoms with E-state index in [9.17, 15) is 9.59 Å². The number of aryl methyl sites for hydroxylation is 1. The number of nitrogens with zero attached hydrogens (tertiary/aromatic N) is 3. The molecule has 0 atom stereocenters. The second-order valence-electron chi connectivity index (χ2n) is 8.43. The van der Waals surface area contributed by atoms with E-state index in [1.54, 1.807) is 11.7 Å². The number of amides is 2. The van der Waals surface area contributed by atoms with Crippen LogP contribution in [0.15, 0.2) is 30.3 Å². The van der Waals surface area contributed by atoms with Gasteiger partial charge in [-0.25, -0.2) is 4.68 Å². The lowest BCUT2D eigenvalue weighted by Gasteiger charge is -2.16. The molecule has 6 nitrogen and oxygen atoms in total. The van der Waals surface area contributed by atoms with E-state index in [-0.39, 0.29) is 29.7 Å². The molecule has 0 unspecified atom stereocenters. The van der Waals surface area contributed by atoms with Crippen LogP contribution in [-0.4, -0.2) is 40.1 Å². The van der Waals surface area contributed by atoms with Crippen molar-refractivity contribution in [3.05, 3.63) is 41.6 Å². The molecule has 0 radical (unpaired) electrons. The van der Waals surface area contributed by atoms with Crippen molar-refractivity contribution in [2.24, 2.45) is 5.92 Å². The van der Waals surface area contributed by atoms with Gasteiger partial charge in [0.25, 0.3) is 0 Å². The number of anilines is 1.